The molecule has 0 aliphatic heterocycles. The van der Waals surface area contributed by atoms with Crippen molar-refractivity contribution in [2.75, 3.05) is 11.9 Å². The van der Waals surface area contributed by atoms with E-state index >= 15 is 0 Å². The van der Waals surface area contributed by atoms with Crippen LogP contribution >= 0.6 is 0 Å². The average Bonchev–Trinajstić information content (AvgIpc) is 3.34. The van der Waals surface area contributed by atoms with Gasteiger partial charge in [-0.05, 0) is 44.2 Å². The second kappa shape index (κ2) is 9.22. The maximum atomic E-state index is 13.0. The van der Waals surface area contributed by atoms with E-state index in [0.717, 1.165) is 16.0 Å². The Hall–Kier alpha value is -4.19. The average molecular weight is 482 g/mol. The van der Waals surface area contributed by atoms with Gasteiger partial charge in [0.25, 0.3) is 5.56 Å². The van der Waals surface area contributed by atoms with E-state index in [1.165, 1.54) is 25.6 Å². The molecule has 0 radical (unpaired) electrons. The molecule has 2 N–H and O–H groups in total. The molecule has 3 heterocycles. The summed E-state index contributed by atoms with van der Waals surface area (Å²) in [6.45, 7) is 5.02. The fourth-order valence-electron chi connectivity index (χ4n) is 3.89. The number of rotatable bonds is 7. The van der Waals surface area contributed by atoms with Crippen molar-refractivity contribution in [2.45, 2.75) is 33.4 Å². The van der Waals surface area contributed by atoms with Crippen molar-refractivity contribution in [1.29, 1.82) is 0 Å². The second-order valence-corrected chi connectivity index (χ2v) is 8.41. The Morgan fingerprint density at radius 1 is 1.14 bits per heavy atom. The number of amides is 1. The number of aryl methyl sites for hydroxylation is 3. The zero-order valence-corrected chi connectivity index (χ0v) is 20.1. The predicted molar refractivity (Wildman–Crippen MR) is 129 cm³/mol. The number of aliphatic hydroxyl groups excluding tert-OH is 1. The molecule has 35 heavy (non-hydrogen) atoms. The van der Waals surface area contributed by atoms with Crippen LogP contribution in [0.3, 0.4) is 0 Å². The number of nitrogens with one attached hydrogen (secondary N) is 1. The maximum absolute atomic E-state index is 13.0. The topological polar surface area (TPSA) is 138 Å². The van der Waals surface area contributed by atoms with E-state index in [1.54, 1.807) is 33.5 Å². The molecule has 1 aromatic carbocycles. The van der Waals surface area contributed by atoms with Crippen LogP contribution in [-0.4, -0.2) is 52.2 Å². The molecular weight excluding hydrogens is 454 g/mol. The Labute approximate surface area is 200 Å². The van der Waals surface area contributed by atoms with Gasteiger partial charge in [0.1, 0.15) is 18.5 Å². The van der Waals surface area contributed by atoms with Crippen molar-refractivity contribution in [3.63, 3.8) is 0 Å². The lowest BCUT2D eigenvalue weighted by Crippen LogP contribution is -2.38. The highest BCUT2D eigenvalue weighted by Crippen LogP contribution is 2.19. The summed E-state index contributed by atoms with van der Waals surface area (Å²) >= 11 is 0. The third-order valence-electron chi connectivity index (χ3n) is 5.54. The van der Waals surface area contributed by atoms with E-state index in [2.05, 4.69) is 15.4 Å². The Morgan fingerprint density at radius 3 is 2.43 bits per heavy atom. The minimum Gasteiger partial charge on any atom is -0.491 e. The molecule has 3 aromatic heterocycles. The summed E-state index contributed by atoms with van der Waals surface area (Å²) in [5, 5.41) is 17.9. The van der Waals surface area contributed by atoms with Gasteiger partial charge in [0, 0.05) is 32.4 Å². The molecule has 0 saturated heterocycles. The van der Waals surface area contributed by atoms with Crippen LogP contribution in [0.1, 0.15) is 18.3 Å². The first-order chi connectivity index (χ1) is 16.6. The number of aromatic nitrogens is 6. The highest BCUT2D eigenvalue weighted by Gasteiger charge is 2.23. The second-order valence-electron chi connectivity index (χ2n) is 8.41. The SMILES string of the molecule is CC(=O)Nc1ccc(OCC(O)Cn2c(-n3nc(C)cc3C)nc3c2c(=O)n(C)c(=O)n3C)cc1. The Kier molecular flexibility index (Phi) is 6.31. The quantitative estimate of drug-likeness (QED) is 0.395. The van der Waals surface area contributed by atoms with Crippen molar-refractivity contribution in [3.05, 3.63) is 62.6 Å². The van der Waals surface area contributed by atoms with Crippen LogP contribution in [0.25, 0.3) is 17.1 Å². The number of hydrogen-bond donors (Lipinski definition) is 2. The van der Waals surface area contributed by atoms with Crippen molar-refractivity contribution in [1.82, 2.24) is 28.5 Å². The Bertz CT molecular complexity index is 1530. The molecule has 0 bridgehead atoms. The molecule has 0 spiro atoms. The molecule has 1 amide bonds. The van der Waals surface area contributed by atoms with E-state index in [4.69, 9.17) is 4.74 Å². The summed E-state index contributed by atoms with van der Waals surface area (Å²) in [7, 11) is 2.94. The zero-order chi connectivity index (χ0) is 25.4. The number of fused-ring (bicyclic) bond motifs is 1. The van der Waals surface area contributed by atoms with Gasteiger partial charge < -0.3 is 15.2 Å². The van der Waals surface area contributed by atoms with Gasteiger partial charge in [0.15, 0.2) is 11.2 Å². The summed E-state index contributed by atoms with van der Waals surface area (Å²) in [6.07, 6.45) is -1.01. The number of hydrogen-bond acceptors (Lipinski definition) is 7. The molecule has 0 aliphatic rings. The summed E-state index contributed by atoms with van der Waals surface area (Å²) in [6, 6.07) is 8.61. The van der Waals surface area contributed by atoms with E-state index in [0.29, 0.717) is 17.4 Å². The maximum Gasteiger partial charge on any atom is 0.332 e. The molecule has 12 nitrogen and oxygen atoms in total. The number of carbonyl (C=O) groups is 1. The molecule has 4 rings (SSSR count). The lowest BCUT2D eigenvalue weighted by Gasteiger charge is -2.16. The number of imidazole rings is 1. The van der Waals surface area contributed by atoms with Gasteiger partial charge >= 0.3 is 5.69 Å². The Balaban J connectivity index is 1.67. The van der Waals surface area contributed by atoms with Crippen LogP contribution in [0.15, 0.2) is 39.9 Å². The Morgan fingerprint density at radius 2 is 1.83 bits per heavy atom. The lowest BCUT2D eigenvalue weighted by molar-refractivity contribution is -0.114. The van der Waals surface area contributed by atoms with Crippen molar-refractivity contribution in [2.24, 2.45) is 14.1 Å². The minimum absolute atomic E-state index is 0.0262. The zero-order valence-electron chi connectivity index (χ0n) is 20.1. The van der Waals surface area contributed by atoms with Gasteiger partial charge in [-0.25, -0.2) is 9.48 Å². The molecule has 1 unspecified atom stereocenters. The van der Waals surface area contributed by atoms with Gasteiger partial charge in [-0.2, -0.15) is 10.1 Å². The molecule has 1 atom stereocenters. The molecule has 12 heteroatoms. The van der Waals surface area contributed by atoms with Gasteiger partial charge in [-0.1, -0.05) is 0 Å². The van der Waals surface area contributed by atoms with Gasteiger partial charge in [0.05, 0.1) is 12.2 Å². The number of nitrogens with zero attached hydrogens (tertiary/aromatic N) is 6. The molecule has 184 valence electrons. The number of anilines is 1. The van der Waals surface area contributed by atoms with Crippen LogP contribution in [0.5, 0.6) is 5.75 Å². The fraction of sp³-hybridized carbons (Fsp3) is 0.348. The van der Waals surface area contributed by atoms with E-state index in [1.807, 2.05) is 19.9 Å². The van der Waals surface area contributed by atoms with Crippen LogP contribution in [0.4, 0.5) is 5.69 Å². The summed E-state index contributed by atoms with van der Waals surface area (Å²) < 4.78 is 11.1. The van der Waals surface area contributed by atoms with Crippen molar-refractivity contribution in [3.8, 4) is 11.7 Å². The van der Waals surface area contributed by atoms with Gasteiger partial charge in [-0.3, -0.25) is 23.3 Å². The molecule has 0 fully saturated rings. The first kappa shape index (κ1) is 24.0. The highest BCUT2D eigenvalue weighted by molar-refractivity contribution is 5.88. The molecule has 0 aliphatic carbocycles. The highest BCUT2D eigenvalue weighted by atomic mass is 16.5. The first-order valence-corrected chi connectivity index (χ1v) is 10.9. The van der Waals surface area contributed by atoms with E-state index in [9.17, 15) is 19.5 Å². The minimum atomic E-state index is -1.01. The normalized spacial score (nSPS) is 12.2. The van der Waals surface area contributed by atoms with Crippen LogP contribution < -0.4 is 21.3 Å². The number of ether oxygens (including phenoxy) is 1. The molecule has 0 saturated carbocycles. The summed E-state index contributed by atoms with van der Waals surface area (Å²) in [5.41, 5.74) is 1.52. The smallest absolute Gasteiger partial charge is 0.332 e. The number of benzene rings is 1. The molecule has 4 aromatic rings. The fourth-order valence-corrected chi connectivity index (χ4v) is 3.89. The number of carbonyl (C=O) groups excluding carboxylic acids is 1. The van der Waals surface area contributed by atoms with Crippen molar-refractivity contribution < 1.29 is 14.6 Å². The standard InChI is InChI=1S/C23H27N7O5/c1-13-10-14(2)30(26-13)22-25-20-19(21(33)28(5)23(34)27(20)4)29(22)11-17(32)12-35-18-8-6-16(7-9-18)24-15(3)31/h6-10,17,32H,11-12H2,1-5H3,(H,24,31). The first-order valence-electron chi connectivity index (χ1n) is 10.9. The predicted octanol–water partition coefficient (Wildman–Crippen LogP) is 0.635. The van der Waals surface area contributed by atoms with Gasteiger partial charge in [0.2, 0.25) is 11.9 Å². The molecular formula is C23H27N7O5. The third-order valence-corrected chi connectivity index (χ3v) is 5.54. The van der Waals surface area contributed by atoms with E-state index in [-0.39, 0.29) is 30.2 Å². The van der Waals surface area contributed by atoms with Crippen LogP contribution in [0, 0.1) is 13.8 Å². The largest absolute Gasteiger partial charge is 0.491 e. The lowest BCUT2D eigenvalue weighted by atomic mass is 10.3. The third kappa shape index (κ3) is 4.60. The number of aliphatic hydroxyl groups is 1. The van der Waals surface area contributed by atoms with E-state index < -0.39 is 17.4 Å². The monoisotopic (exact) mass is 481 g/mol. The summed E-state index contributed by atoms with van der Waals surface area (Å²) in [4.78, 5) is 41.2. The van der Waals surface area contributed by atoms with Crippen LogP contribution in [-0.2, 0) is 25.4 Å². The van der Waals surface area contributed by atoms with Crippen LogP contribution in [0.2, 0.25) is 0 Å². The summed E-state index contributed by atoms with van der Waals surface area (Å²) in [5.74, 6) is 0.636. The van der Waals surface area contributed by atoms with Crippen molar-refractivity contribution >= 4 is 22.8 Å². The van der Waals surface area contributed by atoms with Gasteiger partial charge in [-0.15, -0.1) is 0 Å².